The number of anilines is 3. The van der Waals surface area contributed by atoms with E-state index in [-0.39, 0.29) is 0 Å². The van der Waals surface area contributed by atoms with Gasteiger partial charge in [0.1, 0.15) is 27.8 Å². The lowest BCUT2D eigenvalue weighted by Gasteiger charge is -2.26. The van der Waals surface area contributed by atoms with E-state index in [2.05, 4.69) is 114 Å². The summed E-state index contributed by atoms with van der Waals surface area (Å²) in [5.41, 5.74) is 11.0. The van der Waals surface area contributed by atoms with Crippen molar-refractivity contribution in [3.05, 3.63) is 170 Å². The molecule has 244 valence electrons. The van der Waals surface area contributed by atoms with Crippen molar-refractivity contribution in [1.82, 2.24) is 4.98 Å². The van der Waals surface area contributed by atoms with Crippen LogP contribution in [0.4, 0.5) is 17.1 Å². The smallest absolute Gasteiger partial charge is 0.227 e. The Hall–Kier alpha value is -7.11. The molecule has 0 unspecified atom stereocenters. The van der Waals surface area contributed by atoms with Crippen LogP contribution in [0.3, 0.4) is 0 Å². The van der Waals surface area contributed by atoms with Crippen molar-refractivity contribution >= 4 is 82.8 Å². The first-order valence-corrected chi connectivity index (χ1v) is 17.4. The number of benzene rings is 8. The Kier molecular flexibility index (Phi) is 6.18. The molecule has 0 saturated carbocycles. The summed E-state index contributed by atoms with van der Waals surface area (Å²) in [5.74, 6) is 0.583. The molecule has 0 radical (unpaired) electrons. The highest BCUT2D eigenvalue weighted by Gasteiger charge is 2.22. The summed E-state index contributed by atoms with van der Waals surface area (Å²) in [6.45, 7) is 0. The molecule has 3 heterocycles. The SMILES string of the molecule is c1ccc(-c2nc3ccc4oc5ccc(N(c6ccc(-c7cccc8ccccc78)cc6)c6cccc7oc8ccccc8c67)cc5c4c3o2)cc1. The predicted molar refractivity (Wildman–Crippen MR) is 212 cm³/mol. The van der Waals surface area contributed by atoms with Gasteiger partial charge in [-0.15, -0.1) is 0 Å². The third-order valence-electron chi connectivity index (χ3n) is 10.1. The lowest BCUT2D eigenvalue weighted by Crippen LogP contribution is -2.10. The van der Waals surface area contributed by atoms with Crippen LogP contribution in [-0.4, -0.2) is 4.98 Å². The van der Waals surface area contributed by atoms with Gasteiger partial charge in [0.05, 0.1) is 16.5 Å². The zero-order chi connectivity index (χ0) is 34.2. The third-order valence-corrected chi connectivity index (χ3v) is 10.1. The van der Waals surface area contributed by atoms with E-state index in [9.17, 15) is 0 Å². The zero-order valence-corrected chi connectivity index (χ0v) is 27.8. The molecular weight excluding hydrogens is 641 g/mol. The third kappa shape index (κ3) is 4.39. The molecule has 0 N–H and O–H groups in total. The molecule has 0 saturated heterocycles. The van der Waals surface area contributed by atoms with Crippen LogP contribution in [0.25, 0.3) is 88.3 Å². The summed E-state index contributed by atoms with van der Waals surface area (Å²) >= 11 is 0. The molecule has 5 heteroatoms. The van der Waals surface area contributed by atoms with Gasteiger partial charge in [0, 0.05) is 27.7 Å². The van der Waals surface area contributed by atoms with Crippen molar-refractivity contribution in [3.63, 3.8) is 0 Å². The highest BCUT2D eigenvalue weighted by atomic mass is 16.4. The zero-order valence-electron chi connectivity index (χ0n) is 27.8. The summed E-state index contributed by atoms with van der Waals surface area (Å²) < 4.78 is 19.3. The second-order valence-corrected chi connectivity index (χ2v) is 13.1. The summed E-state index contributed by atoms with van der Waals surface area (Å²) in [6, 6.07) is 58.7. The first-order valence-electron chi connectivity index (χ1n) is 17.4. The van der Waals surface area contributed by atoms with Crippen LogP contribution >= 0.6 is 0 Å². The maximum Gasteiger partial charge on any atom is 0.227 e. The predicted octanol–water partition coefficient (Wildman–Crippen LogP) is 13.6. The van der Waals surface area contributed by atoms with Crippen molar-refractivity contribution in [2.45, 2.75) is 0 Å². The van der Waals surface area contributed by atoms with Gasteiger partial charge in [-0.2, -0.15) is 0 Å². The molecule has 0 aliphatic carbocycles. The highest BCUT2D eigenvalue weighted by molar-refractivity contribution is 6.18. The van der Waals surface area contributed by atoms with E-state index in [1.165, 1.54) is 16.3 Å². The minimum absolute atomic E-state index is 0.583. The minimum Gasteiger partial charge on any atom is -0.456 e. The summed E-state index contributed by atoms with van der Waals surface area (Å²) in [4.78, 5) is 7.16. The number of rotatable bonds is 5. The van der Waals surface area contributed by atoms with Gasteiger partial charge in [0.25, 0.3) is 0 Å². The molecule has 0 fully saturated rings. The van der Waals surface area contributed by atoms with E-state index in [1.54, 1.807) is 0 Å². The second kappa shape index (κ2) is 11.2. The van der Waals surface area contributed by atoms with Crippen LogP contribution in [0.15, 0.2) is 183 Å². The van der Waals surface area contributed by atoms with Crippen LogP contribution < -0.4 is 4.90 Å². The lowest BCUT2D eigenvalue weighted by molar-refractivity contribution is 0.622. The molecule has 3 aromatic heterocycles. The Balaban J connectivity index is 1.14. The first-order chi connectivity index (χ1) is 25.8. The van der Waals surface area contributed by atoms with Gasteiger partial charge in [0.2, 0.25) is 5.89 Å². The van der Waals surface area contributed by atoms with Gasteiger partial charge in [-0.1, -0.05) is 97.1 Å². The van der Waals surface area contributed by atoms with Crippen LogP contribution in [0, 0.1) is 0 Å². The lowest BCUT2D eigenvalue weighted by atomic mass is 9.98. The number of aromatic nitrogens is 1. The highest BCUT2D eigenvalue weighted by Crippen LogP contribution is 2.45. The van der Waals surface area contributed by atoms with Gasteiger partial charge >= 0.3 is 0 Å². The van der Waals surface area contributed by atoms with E-state index < -0.39 is 0 Å². The molecule has 0 aliphatic rings. The fourth-order valence-electron chi connectivity index (χ4n) is 7.71. The Morgan fingerprint density at radius 3 is 1.98 bits per heavy atom. The number of fused-ring (bicyclic) bond motifs is 9. The van der Waals surface area contributed by atoms with Crippen LogP contribution in [-0.2, 0) is 0 Å². The van der Waals surface area contributed by atoms with Gasteiger partial charge in [0.15, 0.2) is 5.58 Å². The van der Waals surface area contributed by atoms with Crippen LogP contribution in [0.2, 0.25) is 0 Å². The molecule has 0 spiro atoms. The van der Waals surface area contributed by atoms with Gasteiger partial charge in [-0.3, -0.25) is 0 Å². The molecule has 11 rings (SSSR count). The molecule has 0 bridgehead atoms. The maximum absolute atomic E-state index is 6.49. The molecule has 0 amide bonds. The number of hydrogen-bond donors (Lipinski definition) is 0. The van der Waals surface area contributed by atoms with Crippen molar-refractivity contribution in [3.8, 4) is 22.6 Å². The molecule has 52 heavy (non-hydrogen) atoms. The van der Waals surface area contributed by atoms with Crippen molar-refractivity contribution in [2.24, 2.45) is 0 Å². The van der Waals surface area contributed by atoms with E-state index in [1.807, 2.05) is 60.7 Å². The quantitative estimate of drug-likeness (QED) is 0.183. The van der Waals surface area contributed by atoms with E-state index in [4.69, 9.17) is 18.2 Å². The number of para-hydroxylation sites is 1. The number of nitrogens with zero attached hydrogens (tertiary/aromatic N) is 2. The van der Waals surface area contributed by atoms with Crippen molar-refractivity contribution < 1.29 is 13.3 Å². The van der Waals surface area contributed by atoms with Crippen molar-refractivity contribution in [2.75, 3.05) is 4.90 Å². The van der Waals surface area contributed by atoms with Gasteiger partial charge in [-0.25, -0.2) is 4.98 Å². The average molecular weight is 669 g/mol. The topological polar surface area (TPSA) is 55.6 Å². The Morgan fingerprint density at radius 1 is 0.423 bits per heavy atom. The Labute approximate surface area is 297 Å². The van der Waals surface area contributed by atoms with Gasteiger partial charge < -0.3 is 18.2 Å². The second-order valence-electron chi connectivity index (χ2n) is 13.1. The van der Waals surface area contributed by atoms with E-state index in [0.717, 1.165) is 77.6 Å². The van der Waals surface area contributed by atoms with Gasteiger partial charge in [-0.05, 0) is 94.7 Å². The Bertz CT molecular complexity index is 3130. The fraction of sp³-hybridized carbons (Fsp3) is 0. The maximum atomic E-state index is 6.49. The largest absolute Gasteiger partial charge is 0.456 e. The summed E-state index contributed by atoms with van der Waals surface area (Å²) in [7, 11) is 0. The standard InChI is InChI=1S/C47H28N2O3/c1-2-11-31(12-3-1)47-48-38-25-27-43-45(46(38)52-47)37-28-33(24-26-41(37)51-43)49(39-17-9-19-42-44(39)36-15-6-7-18-40(36)50-42)32-22-20-30(21-23-32)35-16-8-13-29-10-4-5-14-34(29)35/h1-28H. The summed E-state index contributed by atoms with van der Waals surface area (Å²) in [5, 5.41) is 6.44. The summed E-state index contributed by atoms with van der Waals surface area (Å²) in [6.07, 6.45) is 0. The normalized spacial score (nSPS) is 11.8. The Morgan fingerprint density at radius 2 is 1.10 bits per heavy atom. The van der Waals surface area contributed by atoms with Crippen LogP contribution in [0.5, 0.6) is 0 Å². The first kappa shape index (κ1) is 28.7. The fourth-order valence-corrected chi connectivity index (χ4v) is 7.71. The molecule has 8 aromatic carbocycles. The number of hydrogen-bond acceptors (Lipinski definition) is 5. The molecule has 5 nitrogen and oxygen atoms in total. The molecular formula is C47H28N2O3. The number of furan rings is 2. The van der Waals surface area contributed by atoms with Crippen LogP contribution in [0.1, 0.15) is 0 Å². The average Bonchev–Trinajstić information content (AvgIpc) is 3.92. The molecule has 0 aliphatic heterocycles. The van der Waals surface area contributed by atoms with Crippen molar-refractivity contribution in [1.29, 1.82) is 0 Å². The monoisotopic (exact) mass is 668 g/mol. The number of oxazole rings is 1. The minimum atomic E-state index is 0.583. The van der Waals surface area contributed by atoms with E-state index in [0.29, 0.717) is 11.5 Å². The van der Waals surface area contributed by atoms with E-state index >= 15 is 0 Å². The molecule has 11 aromatic rings. The molecule has 0 atom stereocenters.